The highest BCUT2D eigenvalue weighted by molar-refractivity contribution is 5.91. The normalized spacial score (nSPS) is 11.5. The van der Waals surface area contributed by atoms with Crippen LogP contribution < -0.4 is 5.32 Å². The minimum atomic E-state index is -0.666. The molecular weight excluding hydrogens is 248 g/mol. The third-order valence-corrected chi connectivity index (χ3v) is 2.47. The van der Waals surface area contributed by atoms with Crippen LogP contribution in [0.3, 0.4) is 0 Å². The first-order chi connectivity index (χ1) is 9.22. The maximum Gasteiger partial charge on any atom is 0.244 e. The average Bonchev–Trinajstić information content (AvgIpc) is 2.85. The number of rotatable bonds is 5. The van der Waals surface area contributed by atoms with Gasteiger partial charge in [0.1, 0.15) is 5.52 Å². The molecule has 100 valence electrons. The Kier molecular flexibility index (Phi) is 4.27. The number of oxazole rings is 1. The second-order valence-corrected chi connectivity index (χ2v) is 3.92. The van der Waals surface area contributed by atoms with E-state index < -0.39 is 11.9 Å². The minimum absolute atomic E-state index is 0.320. The summed E-state index contributed by atoms with van der Waals surface area (Å²) in [5, 5.41) is 20.1. The van der Waals surface area contributed by atoms with Crippen molar-refractivity contribution in [2.45, 2.75) is 6.04 Å². The number of carbonyl (C=O) groups is 1. The standard InChI is InChI=1S/C13H14N2O4/c16-7-9(8-17)14-12(18)5-6-13-15-10-3-1-2-4-11(10)19-13/h1-6,9,16-17H,7-8H2,(H,14,18). The fraction of sp³-hybridized carbons (Fsp3) is 0.231. The molecule has 0 aliphatic heterocycles. The zero-order chi connectivity index (χ0) is 13.7. The summed E-state index contributed by atoms with van der Waals surface area (Å²) >= 11 is 0. The number of nitrogens with zero attached hydrogens (tertiary/aromatic N) is 1. The number of fused-ring (bicyclic) bond motifs is 1. The van der Waals surface area contributed by atoms with Crippen LogP contribution in [0.1, 0.15) is 5.89 Å². The van der Waals surface area contributed by atoms with Gasteiger partial charge in [-0.05, 0) is 12.1 Å². The van der Waals surface area contributed by atoms with E-state index in [1.54, 1.807) is 6.07 Å². The molecule has 0 aliphatic carbocycles. The van der Waals surface area contributed by atoms with Gasteiger partial charge < -0.3 is 19.9 Å². The molecule has 1 aromatic heterocycles. The first-order valence-corrected chi connectivity index (χ1v) is 5.79. The predicted molar refractivity (Wildman–Crippen MR) is 69.1 cm³/mol. The maximum absolute atomic E-state index is 11.5. The van der Waals surface area contributed by atoms with Crippen LogP contribution in [0.2, 0.25) is 0 Å². The highest BCUT2D eigenvalue weighted by Crippen LogP contribution is 2.15. The van der Waals surface area contributed by atoms with Gasteiger partial charge in [-0.25, -0.2) is 4.98 Å². The van der Waals surface area contributed by atoms with E-state index >= 15 is 0 Å². The summed E-state index contributed by atoms with van der Waals surface area (Å²) in [4.78, 5) is 15.6. The van der Waals surface area contributed by atoms with E-state index in [-0.39, 0.29) is 13.2 Å². The third-order valence-electron chi connectivity index (χ3n) is 2.47. The number of amides is 1. The summed E-state index contributed by atoms with van der Waals surface area (Å²) in [6.07, 6.45) is 2.67. The Labute approximate surface area is 109 Å². The summed E-state index contributed by atoms with van der Waals surface area (Å²) < 4.78 is 5.40. The molecule has 19 heavy (non-hydrogen) atoms. The zero-order valence-corrected chi connectivity index (χ0v) is 10.1. The molecule has 0 saturated carbocycles. The Morgan fingerprint density at radius 3 is 2.79 bits per heavy atom. The number of aliphatic hydroxyl groups is 2. The lowest BCUT2D eigenvalue weighted by atomic mass is 10.3. The largest absolute Gasteiger partial charge is 0.437 e. The van der Waals surface area contributed by atoms with Gasteiger partial charge in [0, 0.05) is 12.2 Å². The molecule has 1 amide bonds. The molecule has 0 atom stereocenters. The number of para-hydroxylation sites is 2. The average molecular weight is 262 g/mol. The molecule has 0 spiro atoms. The highest BCUT2D eigenvalue weighted by atomic mass is 16.3. The topological polar surface area (TPSA) is 95.6 Å². The van der Waals surface area contributed by atoms with Gasteiger partial charge in [-0.15, -0.1) is 0 Å². The minimum Gasteiger partial charge on any atom is -0.437 e. The van der Waals surface area contributed by atoms with Gasteiger partial charge in [0.15, 0.2) is 5.58 Å². The lowest BCUT2D eigenvalue weighted by molar-refractivity contribution is -0.117. The van der Waals surface area contributed by atoms with Gasteiger partial charge in [-0.2, -0.15) is 0 Å². The van der Waals surface area contributed by atoms with Gasteiger partial charge in [0.25, 0.3) is 0 Å². The van der Waals surface area contributed by atoms with Crippen molar-refractivity contribution < 1.29 is 19.4 Å². The molecule has 0 radical (unpaired) electrons. The number of nitrogens with one attached hydrogen (secondary N) is 1. The van der Waals surface area contributed by atoms with Crippen LogP contribution in [-0.2, 0) is 4.79 Å². The zero-order valence-electron chi connectivity index (χ0n) is 10.1. The monoisotopic (exact) mass is 262 g/mol. The Morgan fingerprint density at radius 2 is 2.11 bits per heavy atom. The molecule has 0 saturated heterocycles. The van der Waals surface area contributed by atoms with Crippen LogP contribution >= 0.6 is 0 Å². The van der Waals surface area contributed by atoms with E-state index in [0.717, 1.165) is 0 Å². The van der Waals surface area contributed by atoms with Crippen LogP contribution in [0.15, 0.2) is 34.8 Å². The number of hydrogen-bond acceptors (Lipinski definition) is 5. The van der Waals surface area contributed by atoms with Crippen molar-refractivity contribution in [2.75, 3.05) is 13.2 Å². The van der Waals surface area contributed by atoms with Crippen molar-refractivity contribution in [1.82, 2.24) is 10.3 Å². The van der Waals surface area contributed by atoms with Crippen molar-refractivity contribution in [3.63, 3.8) is 0 Å². The number of benzene rings is 1. The van der Waals surface area contributed by atoms with E-state index in [0.29, 0.717) is 17.0 Å². The SMILES string of the molecule is O=C(C=Cc1nc2ccccc2o1)NC(CO)CO. The van der Waals surface area contributed by atoms with Gasteiger partial charge in [0.2, 0.25) is 11.8 Å². The second-order valence-electron chi connectivity index (χ2n) is 3.92. The van der Waals surface area contributed by atoms with E-state index in [9.17, 15) is 4.79 Å². The predicted octanol–water partition coefficient (Wildman–Crippen LogP) is 0.310. The third kappa shape index (κ3) is 3.40. The molecule has 0 unspecified atom stereocenters. The first-order valence-electron chi connectivity index (χ1n) is 5.79. The molecule has 1 heterocycles. The Hall–Kier alpha value is -2.18. The van der Waals surface area contributed by atoms with Crippen LogP contribution in [0.25, 0.3) is 17.2 Å². The van der Waals surface area contributed by atoms with Gasteiger partial charge in [0.05, 0.1) is 19.3 Å². The molecule has 3 N–H and O–H groups in total. The Morgan fingerprint density at radius 1 is 1.37 bits per heavy atom. The van der Waals surface area contributed by atoms with Crippen LogP contribution in [0, 0.1) is 0 Å². The summed E-state index contributed by atoms with van der Waals surface area (Å²) in [5.41, 5.74) is 1.36. The quantitative estimate of drug-likeness (QED) is 0.674. The van der Waals surface area contributed by atoms with Crippen LogP contribution in [0.5, 0.6) is 0 Å². The van der Waals surface area contributed by atoms with Crippen molar-refractivity contribution in [1.29, 1.82) is 0 Å². The van der Waals surface area contributed by atoms with E-state index in [4.69, 9.17) is 14.6 Å². The van der Waals surface area contributed by atoms with E-state index in [2.05, 4.69) is 10.3 Å². The Bertz CT molecular complexity index is 554. The lowest BCUT2D eigenvalue weighted by Gasteiger charge is -2.10. The van der Waals surface area contributed by atoms with Crippen LogP contribution in [0.4, 0.5) is 0 Å². The molecule has 0 fully saturated rings. The molecule has 2 aromatic rings. The lowest BCUT2D eigenvalue weighted by Crippen LogP contribution is -2.39. The molecule has 2 rings (SSSR count). The highest BCUT2D eigenvalue weighted by Gasteiger charge is 2.08. The fourth-order valence-electron chi connectivity index (χ4n) is 1.51. The number of aromatic nitrogens is 1. The van der Waals surface area contributed by atoms with Crippen molar-refractivity contribution >= 4 is 23.1 Å². The number of carbonyl (C=O) groups excluding carboxylic acids is 1. The molecule has 1 aromatic carbocycles. The summed E-state index contributed by atoms with van der Waals surface area (Å²) in [6.45, 7) is -0.641. The van der Waals surface area contributed by atoms with Crippen LogP contribution in [-0.4, -0.2) is 40.4 Å². The second kappa shape index (κ2) is 6.12. The van der Waals surface area contributed by atoms with Gasteiger partial charge >= 0.3 is 0 Å². The summed E-state index contributed by atoms with van der Waals surface area (Å²) in [5.74, 6) is -0.115. The molecule has 6 heteroatoms. The number of hydrogen-bond donors (Lipinski definition) is 3. The maximum atomic E-state index is 11.5. The van der Waals surface area contributed by atoms with Crippen molar-refractivity contribution in [2.24, 2.45) is 0 Å². The molecule has 6 nitrogen and oxygen atoms in total. The smallest absolute Gasteiger partial charge is 0.244 e. The van der Waals surface area contributed by atoms with Crippen molar-refractivity contribution in [3.8, 4) is 0 Å². The molecular formula is C13H14N2O4. The number of aliphatic hydroxyl groups excluding tert-OH is 2. The summed E-state index contributed by atoms with van der Waals surface area (Å²) in [6, 6.07) is 6.61. The first kappa shape index (κ1) is 13.3. The molecule has 0 bridgehead atoms. The van der Waals surface area contributed by atoms with E-state index in [1.165, 1.54) is 12.2 Å². The van der Waals surface area contributed by atoms with Crippen molar-refractivity contribution in [3.05, 3.63) is 36.2 Å². The molecule has 0 aliphatic rings. The summed E-state index contributed by atoms with van der Waals surface area (Å²) in [7, 11) is 0. The Balaban J connectivity index is 2.03. The van der Waals surface area contributed by atoms with E-state index in [1.807, 2.05) is 18.2 Å². The van der Waals surface area contributed by atoms with Gasteiger partial charge in [-0.1, -0.05) is 12.1 Å². The fourth-order valence-corrected chi connectivity index (χ4v) is 1.51. The van der Waals surface area contributed by atoms with Gasteiger partial charge in [-0.3, -0.25) is 4.79 Å².